The van der Waals surface area contributed by atoms with Gasteiger partial charge < -0.3 is 14.6 Å². The van der Waals surface area contributed by atoms with Crippen LogP contribution in [0.1, 0.15) is 11.1 Å². The topological polar surface area (TPSA) is 93.1 Å². The summed E-state index contributed by atoms with van der Waals surface area (Å²) in [4.78, 5) is 36.9. The second-order valence-corrected chi connectivity index (χ2v) is 7.43. The quantitative estimate of drug-likeness (QED) is 0.631. The fourth-order valence-corrected chi connectivity index (χ4v) is 3.77. The summed E-state index contributed by atoms with van der Waals surface area (Å²) >= 11 is 6.67. The predicted octanol–water partition coefficient (Wildman–Crippen LogP) is 4.19. The molecule has 10 heteroatoms. The first kappa shape index (κ1) is 21.7. The Kier molecular flexibility index (Phi) is 6.63. The van der Waals surface area contributed by atoms with Crippen LogP contribution >= 0.6 is 23.4 Å². The van der Waals surface area contributed by atoms with Gasteiger partial charge in [-0.2, -0.15) is 0 Å². The van der Waals surface area contributed by atoms with Crippen molar-refractivity contribution in [3.8, 4) is 11.5 Å². The number of carboxylic acid groups (broad SMARTS) is 1. The highest BCUT2D eigenvalue weighted by Gasteiger charge is 2.36. The normalized spacial score (nSPS) is 15.0. The number of rotatable bonds is 7. The van der Waals surface area contributed by atoms with E-state index >= 15 is 0 Å². The number of nitrogens with zero attached hydrogens (tertiary/aromatic N) is 1. The summed E-state index contributed by atoms with van der Waals surface area (Å²) in [5, 5.41) is 8.40. The Morgan fingerprint density at radius 1 is 1.27 bits per heavy atom. The van der Waals surface area contributed by atoms with Gasteiger partial charge in [-0.05, 0) is 36.0 Å². The van der Waals surface area contributed by atoms with Crippen LogP contribution in [0.3, 0.4) is 0 Å². The highest BCUT2D eigenvalue weighted by Crippen LogP contribution is 2.38. The molecular weight excluding hydrogens is 437 g/mol. The van der Waals surface area contributed by atoms with Crippen LogP contribution in [0, 0.1) is 5.82 Å². The number of hydrogen-bond acceptors (Lipinski definition) is 6. The number of halogens is 2. The van der Waals surface area contributed by atoms with E-state index in [1.54, 1.807) is 18.2 Å². The zero-order chi connectivity index (χ0) is 21.8. The van der Waals surface area contributed by atoms with Crippen molar-refractivity contribution in [1.29, 1.82) is 0 Å². The van der Waals surface area contributed by atoms with Crippen molar-refractivity contribution in [3.05, 3.63) is 63.3 Å². The number of benzene rings is 2. The summed E-state index contributed by atoms with van der Waals surface area (Å²) in [5.41, 5.74) is 0.389. The maximum absolute atomic E-state index is 14.1. The smallest absolute Gasteiger partial charge is 0.341 e. The number of carboxylic acids is 1. The van der Waals surface area contributed by atoms with E-state index in [-0.39, 0.29) is 33.5 Å². The van der Waals surface area contributed by atoms with Gasteiger partial charge >= 0.3 is 5.97 Å². The molecule has 0 aromatic heterocycles. The fourth-order valence-electron chi connectivity index (χ4n) is 2.71. The second-order valence-electron chi connectivity index (χ2n) is 6.03. The summed E-state index contributed by atoms with van der Waals surface area (Å²) < 4.78 is 24.5. The largest absolute Gasteiger partial charge is 0.493 e. The summed E-state index contributed by atoms with van der Waals surface area (Å²) in [7, 11) is 1.39. The molecule has 2 aromatic rings. The van der Waals surface area contributed by atoms with Crippen molar-refractivity contribution in [1.82, 2.24) is 4.90 Å². The number of carbonyl (C=O) groups excluding carboxylic acids is 2. The third-order valence-corrected chi connectivity index (χ3v) is 5.37. The number of aliphatic carboxylic acids is 1. The Morgan fingerprint density at radius 2 is 2.00 bits per heavy atom. The monoisotopic (exact) mass is 451 g/mol. The molecule has 1 heterocycles. The Labute approximate surface area is 180 Å². The van der Waals surface area contributed by atoms with Crippen LogP contribution < -0.4 is 9.47 Å². The van der Waals surface area contributed by atoms with Crippen LogP contribution in [-0.2, 0) is 16.1 Å². The molecule has 1 aliphatic heterocycles. The summed E-state index contributed by atoms with van der Waals surface area (Å²) in [6, 6.07) is 8.87. The summed E-state index contributed by atoms with van der Waals surface area (Å²) in [6.45, 7) is -0.928. The molecule has 2 amide bonds. The summed E-state index contributed by atoms with van der Waals surface area (Å²) in [5.74, 6) is -2.05. The molecule has 0 unspecified atom stereocenters. The van der Waals surface area contributed by atoms with Gasteiger partial charge in [0.15, 0.2) is 18.1 Å². The first-order valence-corrected chi connectivity index (χ1v) is 9.71. The van der Waals surface area contributed by atoms with Gasteiger partial charge in [-0.1, -0.05) is 29.8 Å². The van der Waals surface area contributed by atoms with Gasteiger partial charge in [0.1, 0.15) is 5.82 Å². The number of ether oxygens (including phenoxy) is 2. The molecule has 1 fully saturated rings. The predicted molar refractivity (Wildman–Crippen MR) is 109 cm³/mol. The maximum atomic E-state index is 14.1. The lowest BCUT2D eigenvalue weighted by Crippen LogP contribution is -2.28. The van der Waals surface area contributed by atoms with Crippen molar-refractivity contribution in [2.24, 2.45) is 0 Å². The lowest BCUT2D eigenvalue weighted by Gasteiger charge is -2.14. The molecule has 2 aromatic carbocycles. The fraction of sp³-hybridized carbons (Fsp3) is 0.150. The molecule has 0 radical (unpaired) electrons. The van der Waals surface area contributed by atoms with Gasteiger partial charge in [0.25, 0.3) is 11.1 Å². The van der Waals surface area contributed by atoms with E-state index in [1.165, 1.54) is 31.4 Å². The van der Waals surface area contributed by atoms with Crippen molar-refractivity contribution >= 4 is 46.6 Å². The second kappa shape index (κ2) is 9.19. The van der Waals surface area contributed by atoms with Gasteiger partial charge in [0.2, 0.25) is 0 Å². The Balaban J connectivity index is 1.91. The standard InChI is InChI=1S/C20H15ClFNO6S/c1-28-15-7-2-4-11(18(15)29-10-17(24)25)8-16-19(26)23(20(27)30-16)9-12-13(21)5-3-6-14(12)22/h2-8H,9-10H2,1H3,(H,24,25)/b16-8+. The minimum absolute atomic E-state index is 0.0366. The highest BCUT2D eigenvalue weighted by molar-refractivity contribution is 8.18. The van der Waals surface area contributed by atoms with E-state index in [4.69, 9.17) is 26.2 Å². The minimum Gasteiger partial charge on any atom is -0.493 e. The molecule has 1 aliphatic rings. The lowest BCUT2D eigenvalue weighted by molar-refractivity contribution is -0.139. The molecule has 156 valence electrons. The maximum Gasteiger partial charge on any atom is 0.341 e. The number of para-hydroxylation sites is 1. The number of thioether (sulfide) groups is 1. The third kappa shape index (κ3) is 4.58. The molecular formula is C20H15ClFNO6S. The molecule has 1 saturated heterocycles. The molecule has 0 aliphatic carbocycles. The average Bonchev–Trinajstić information content (AvgIpc) is 2.96. The average molecular weight is 452 g/mol. The van der Waals surface area contributed by atoms with Crippen molar-refractivity contribution in [3.63, 3.8) is 0 Å². The Bertz CT molecular complexity index is 1040. The highest BCUT2D eigenvalue weighted by atomic mass is 35.5. The van der Waals surface area contributed by atoms with E-state index < -0.39 is 29.5 Å². The van der Waals surface area contributed by atoms with Crippen molar-refractivity contribution < 1.29 is 33.4 Å². The van der Waals surface area contributed by atoms with E-state index in [0.29, 0.717) is 17.3 Å². The van der Waals surface area contributed by atoms with Gasteiger partial charge in [0, 0.05) is 16.1 Å². The minimum atomic E-state index is -1.19. The molecule has 1 N–H and O–H groups in total. The Hall–Kier alpha value is -3.04. The van der Waals surface area contributed by atoms with Crippen molar-refractivity contribution in [2.75, 3.05) is 13.7 Å². The van der Waals surface area contributed by atoms with Gasteiger partial charge in [-0.15, -0.1) is 0 Å². The van der Waals surface area contributed by atoms with Crippen LogP contribution in [0.25, 0.3) is 6.08 Å². The van der Waals surface area contributed by atoms with Crippen LogP contribution in [0.4, 0.5) is 9.18 Å². The first-order valence-electron chi connectivity index (χ1n) is 8.51. The lowest BCUT2D eigenvalue weighted by atomic mass is 10.1. The number of imide groups is 1. The molecule has 0 spiro atoms. The molecule has 0 bridgehead atoms. The van der Waals surface area contributed by atoms with E-state index in [0.717, 1.165) is 4.90 Å². The van der Waals surface area contributed by atoms with Crippen LogP contribution in [0.5, 0.6) is 11.5 Å². The third-order valence-electron chi connectivity index (χ3n) is 4.11. The van der Waals surface area contributed by atoms with E-state index in [1.807, 2.05) is 0 Å². The van der Waals surface area contributed by atoms with Crippen LogP contribution in [0.2, 0.25) is 5.02 Å². The number of amides is 2. The van der Waals surface area contributed by atoms with Crippen molar-refractivity contribution in [2.45, 2.75) is 6.54 Å². The van der Waals surface area contributed by atoms with Gasteiger partial charge in [-0.25, -0.2) is 9.18 Å². The van der Waals surface area contributed by atoms with Gasteiger partial charge in [-0.3, -0.25) is 14.5 Å². The van der Waals surface area contributed by atoms with Gasteiger partial charge in [0.05, 0.1) is 18.6 Å². The molecule has 0 saturated carbocycles. The number of methoxy groups -OCH3 is 1. The summed E-state index contributed by atoms with van der Waals surface area (Å²) in [6.07, 6.45) is 1.40. The molecule has 30 heavy (non-hydrogen) atoms. The molecule has 0 atom stereocenters. The number of carbonyl (C=O) groups is 3. The van der Waals surface area contributed by atoms with E-state index in [9.17, 15) is 18.8 Å². The SMILES string of the molecule is COc1cccc(/C=C2/SC(=O)N(Cc3c(F)cccc3Cl)C2=O)c1OCC(=O)O. The van der Waals surface area contributed by atoms with Crippen LogP contribution in [-0.4, -0.2) is 40.8 Å². The Morgan fingerprint density at radius 3 is 2.67 bits per heavy atom. The molecule has 3 rings (SSSR count). The van der Waals surface area contributed by atoms with E-state index in [2.05, 4.69) is 0 Å². The zero-order valence-corrected chi connectivity index (χ0v) is 17.1. The number of hydrogen-bond donors (Lipinski definition) is 1. The first-order chi connectivity index (χ1) is 14.3. The zero-order valence-electron chi connectivity index (χ0n) is 15.6. The molecule has 7 nitrogen and oxygen atoms in total. The van der Waals surface area contributed by atoms with Crippen LogP contribution in [0.15, 0.2) is 41.3 Å².